The summed E-state index contributed by atoms with van der Waals surface area (Å²) < 4.78 is 21.9. The molecule has 5 atom stereocenters. The summed E-state index contributed by atoms with van der Waals surface area (Å²) in [4.78, 5) is 127. The van der Waals surface area contributed by atoms with Crippen molar-refractivity contribution in [3.05, 3.63) is 131 Å². The molecule has 5 unspecified atom stereocenters. The maximum Gasteiger partial charge on any atom is 0.326 e. The Labute approximate surface area is 551 Å². The number of aliphatic carboxylic acids is 1. The molecule has 510 valence electrons. The summed E-state index contributed by atoms with van der Waals surface area (Å²) >= 11 is 0. The number of carboxylic acids is 1. The smallest absolute Gasteiger partial charge is 0.326 e. The number of carbonyl (C=O) groups is 9. The lowest BCUT2D eigenvalue weighted by atomic mass is 9.92. The van der Waals surface area contributed by atoms with Crippen molar-refractivity contribution < 1.29 is 67.2 Å². The standard InChI is InChI=1S/C64H80N18O14/c1-33(44-32-74-45-13-8-7-12-39(44)45)53(61(91)92)82-57(87)43-31-38(20-24-52(43)96-6)78-60(90)48(16-11-27-73-64(69)70)81-56(86)42-30-37(19-23-51(42)95-5)77-59(89)47(15-10-26-72-63(67)68)80-55(85)41-29-36(18-22-50(41)94-4)76-58(88)46(14-9-25-71-62(65)66)79-54(84)40-28-35(75-34(2)83)17-21-49(40)93-3/h7-8,12-13,17-24,28-33,46-48,53,74H,9-11,14-16,25-27H2,1-6H3,(H,75,83)(H,76,88)(H,77,89)(H,78,90)(H,79,84)(H,80,85)(H,81,86)(H,82,87)(H,91,92)(H4,65,66,71)(H4,67,68,72)(H4,69,70,73). The van der Waals surface area contributed by atoms with Crippen molar-refractivity contribution in [2.45, 2.75) is 82.5 Å². The summed E-state index contributed by atoms with van der Waals surface area (Å²) in [5.41, 5.74) is 18.0. The van der Waals surface area contributed by atoms with Crippen LogP contribution in [-0.2, 0) is 24.0 Å². The molecule has 32 nitrogen and oxygen atoms in total. The van der Waals surface area contributed by atoms with E-state index in [1.54, 1.807) is 13.1 Å². The first-order valence-corrected chi connectivity index (χ1v) is 30.0. The molecular weight excluding hydrogens is 1240 g/mol. The predicted molar refractivity (Wildman–Crippen MR) is 359 cm³/mol. The van der Waals surface area contributed by atoms with Gasteiger partial charge in [0.15, 0.2) is 17.9 Å². The summed E-state index contributed by atoms with van der Waals surface area (Å²) in [7, 11) is 5.24. The van der Waals surface area contributed by atoms with E-state index >= 15 is 0 Å². The second kappa shape index (κ2) is 35.1. The van der Waals surface area contributed by atoms with Crippen LogP contribution >= 0.6 is 0 Å². The Hall–Kier alpha value is -12.1. The number of fused-ring (bicyclic) bond motifs is 1. The molecule has 96 heavy (non-hydrogen) atoms. The molecule has 0 saturated carbocycles. The molecule has 0 aliphatic rings. The van der Waals surface area contributed by atoms with Crippen molar-refractivity contribution in [1.29, 1.82) is 16.2 Å². The number of amides is 8. The number of aromatic amines is 1. The van der Waals surface area contributed by atoms with Crippen LogP contribution in [0.1, 0.15) is 105 Å². The minimum absolute atomic E-state index is 0.00270. The van der Waals surface area contributed by atoms with E-state index < -0.39 is 83.3 Å². The number of nitrogens with two attached hydrogens (primary N) is 3. The first kappa shape index (κ1) is 72.9. The number of hydrogen-bond donors (Lipinski definition) is 19. The van der Waals surface area contributed by atoms with Gasteiger partial charge in [-0.3, -0.25) is 54.6 Å². The number of methoxy groups -OCH3 is 4. The van der Waals surface area contributed by atoms with E-state index in [0.29, 0.717) is 5.56 Å². The van der Waals surface area contributed by atoms with Gasteiger partial charge >= 0.3 is 5.97 Å². The first-order chi connectivity index (χ1) is 45.8. The number of aromatic nitrogens is 1. The number of para-hydroxylation sites is 1. The molecule has 6 rings (SSSR count). The average molecular weight is 1330 g/mol. The second-order valence-corrected chi connectivity index (χ2v) is 21.7. The minimum atomic E-state index is -1.41. The van der Waals surface area contributed by atoms with Gasteiger partial charge in [0.2, 0.25) is 23.6 Å². The fraction of sp³-hybridized carbons (Fsp3) is 0.312. The summed E-state index contributed by atoms with van der Waals surface area (Å²) in [5, 5.41) is 63.4. The number of carboxylic acid groups (broad SMARTS) is 1. The Morgan fingerprint density at radius 1 is 0.479 bits per heavy atom. The normalized spacial score (nSPS) is 12.3. The van der Waals surface area contributed by atoms with E-state index in [1.807, 2.05) is 24.3 Å². The fourth-order valence-corrected chi connectivity index (χ4v) is 10.1. The van der Waals surface area contributed by atoms with Crippen LogP contribution in [0, 0.1) is 16.2 Å². The molecule has 0 fully saturated rings. The Balaban J connectivity index is 1.21. The number of ether oxygens (including phenoxy) is 4. The Morgan fingerprint density at radius 3 is 1.11 bits per heavy atom. The lowest BCUT2D eigenvalue weighted by Gasteiger charge is -2.23. The molecule has 0 bridgehead atoms. The van der Waals surface area contributed by atoms with Gasteiger partial charge in [-0.15, -0.1) is 0 Å². The minimum Gasteiger partial charge on any atom is -0.496 e. The zero-order valence-corrected chi connectivity index (χ0v) is 53.6. The monoisotopic (exact) mass is 1320 g/mol. The maximum atomic E-state index is 14.4. The summed E-state index contributed by atoms with van der Waals surface area (Å²) in [6.45, 7) is 3.35. The topological polar surface area (TPSA) is 509 Å². The average Bonchev–Trinajstić information content (AvgIpc) is 1.51. The van der Waals surface area contributed by atoms with Gasteiger partial charge in [-0.2, -0.15) is 0 Å². The number of H-pyrrole nitrogens is 1. The highest BCUT2D eigenvalue weighted by atomic mass is 16.5. The van der Waals surface area contributed by atoms with E-state index in [4.69, 9.17) is 52.4 Å². The van der Waals surface area contributed by atoms with Crippen molar-refractivity contribution in [3.63, 3.8) is 0 Å². The van der Waals surface area contributed by atoms with Crippen LogP contribution in [-0.4, -0.2) is 153 Å². The third kappa shape index (κ3) is 20.7. The molecule has 0 radical (unpaired) electrons. The SMILES string of the molecule is COc1ccc(NC(C)=O)cc1C(=O)NC(CCCNC(=N)N)C(=O)Nc1ccc(OC)c(C(=O)NC(CCCNC(=N)N)C(=O)Nc2ccc(OC)c(C(=O)NC(CCCNC(=N)N)C(=O)Nc3ccc(OC)c(C(=O)NC(C(=O)O)C(C)c4c[nH]c5ccccc45)c3)c2)c1. The van der Waals surface area contributed by atoms with E-state index in [9.17, 15) is 48.3 Å². The quantitative estimate of drug-likeness (QED) is 0.0157. The Bertz CT molecular complexity index is 3880. The van der Waals surface area contributed by atoms with E-state index in [0.717, 1.165) is 10.9 Å². The van der Waals surface area contributed by atoms with Gasteiger partial charge in [-0.05, 0) is 123 Å². The first-order valence-electron chi connectivity index (χ1n) is 30.0. The summed E-state index contributed by atoms with van der Waals surface area (Å²) in [6, 6.07) is 18.7. The summed E-state index contributed by atoms with van der Waals surface area (Å²) in [6.07, 6.45) is 2.21. The highest BCUT2D eigenvalue weighted by molar-refractivity contribution is 6.08. The van der Waals surface area contributed by atoms with Crippen LogP contribution in [0.2, 0.25) is 0 Å². The number of benzene rings is 5. The Kier molecular flexibility index (Phi) is 26.6. The molecule has 1 heterocycles. The van der Waals surface area contributed by atoms with Gasteiger partial charge in [0.1, 0.15) is 47.2 Å². The van der Waals surface area contributed by atoms with Crippen LogP contribution in [0.3, 0.4) is 0 Å². The molecule has 0 aliphatic carbocycles. The van der Waals surface area contributed by atoms with Gasteiger partial charge in [-0.25, -0.2) is 4.79 Å². The molecule has 0 saturated heterocycles. The van der Waals surface area contributed by atoms with Crippen molar-refractivity contribution in [3.8, 4) is 23.0 Å². The van der Waals surface area contributed by atoms with Gasteiger partial charge in [0, 0.05) is 72.3 Å². The van der Waals surface area contributed by atoms with Crippen molar-refractivity contribution >= 4 is 105 Å². The van der Waals surface area contributed by atoms with Gasteiger partial charge in [0.25, 0.3) is 23.6 Å². The Morgan fingerprint density at radius 2 is 0.802 bits per heavy atom. The van der Waals surface area contributed by atoms with E-state index in [2.05, 4.69) is 63.5 Å². The van der Waals surface area contributed by atoms with Crippen molar-refractivity contribution in [2.24, 2.45) is 17.2 Å². The highest BCUT2D eigenvalue weighted by Gasteiger charge is 2.32. The fourth-order valence-electron chi connectivity index (χ4n) is 10.1. The third-order valence-corrected chi connectivity index (χ3v) is 14.9. The maximum absolute atomic E-state index is 14.4. The largest absolute Gasteiger partial charge is 0.496 e. The lowest BCUT2D eigenvalue weighted by molar-refractivity contribution is -0.139. The van der Waals surface area contributed by atoms with Gasteiger partial charge in [-0.1, -0.05) is 25.1 Å². The zero-order chi connectivity index (χ0) is 70.2. The van der Waals surface area contributed by atoms with Crippen molar-refractivity contribution in [2.75, 3.05) is 69.3 Å². The van der Waals surface area contributed by atoms with E-state index in [-0.39, 0.29) is 144 Å². The van der Waals surface area contributed by atoms with Crippen LogP contribution in [0.4, 0.5) is 22.7 Å². The van der Waals surface area contributed by atoms with E-state index in [1.165, 1.54) is 108 Å². The number of guanidine groups is 3. The molecule has 0 spiro atoms. The number of carbonyl (C=O) groups excluding carboxylic acids is 8. The molecule has 0 aliphatic heterocycles. The lowest BCUT2D eigenvalue weighted by Crippen LogP contribution is -2.45. The molecule has 5 aromatic carbocycles. The molecule has 8 amide bonds. The second-order valence-electron chi connectivity index (χ2n) is 21.7. The third-order valence-electron chi connectivity index (χ3n) is 14.9. The number of rotatable bonds is 34. The van der Waals surface area contributed by atoms with Gasteiger partial charge < -0.3 is 105 Å². The van der Waals surface area contributed by atoms with Gasteiger partial charge in [0.05, 0.1) is 50.7 Å². The number of hydrogen-bond acceptors (Lipinski definition) is 16. The summed E-state index contributed by atoms with van der Waals surface area (Å²) in [5.74, 6) is -8.71. The van der Waals surface area contributed by atoms with Crippen molar-refractivity contribution in [1.82, 2.24) is 42.2 Å². The van der Waals surface area contributed by atoms with Crippen LogP contribution in [0.15, 0.2) is 103 Å². The molecule has 6 aromatic rings. The number of nitrogens with one attached hydrogen (secondary N) is 15. The van der Waals surface area contributed by atoms with Crippen LogP contribution in [0.25, 0.3) is 10.9 Å². The zero-order valence-electron chi connectivity index (χ0n) is 53.6. The number of anilines is 4. The van der Waals surface area contributed by atoms with Crippen LogP contribution in [0.5, 0.6) is 23.0 Å². The predicted octanol–water partition coefficient (Wildman–Crippen LogP) is 3.15. The molecule has 1 aromatic heterocycles. The molecular formula is C64H80N18O14. The molecule has 32 heteroatoms. The highest BCUT2D eigenvalue weighted by Crippen LogP contribution is 2.31. The van der Waals surface area contributed by atoms with Crippen LogP contribution < -0.4 is 94.6 Å². The molecule has 22 N–H and O–H groups in total.